The Balaban J connectivity index is 0.00000220. The van der Waals surface area contributed by atoms with Crippen molar-refractivity contribution in [2.24, 2.45) is 11.7 Å². The van der Waals surface area contributed by atoms with Crippen LogP contribution >= 0.6 is 12.4 Å². The zero-order chi connectivity index (χ0) is 14.5. The topological polar surface area (TPSA) is 46.3 Å². The van der Waals surface area contributed by atoms with Crippen LogP contribution in [0.4, 0.5) is 0 Å². The van der Waals surface area contributed by atoms with Gasteiger partial charge in [-0.1, -0.05) is 57.0 Å². The third kappa shape index (κ3) is 4.45. The summed E-state index contributed by atoms with van der Waals surface area (Å²) in [6.45, 7) is 5.77. The average molecular weight is 311 g/mol. The first-order valence-corrected chi connectivity index (χ1v) is 7.74. The standard InChI is InChI=1S/C17H26N2O.ClH/c1-3-13(4-2)10-17(20)19-11-15(16(18)12-19)14-8-6-5-7-9-14;/h5-9,13,15-16H,3-4,10-12,18H2,1-2H3;1H/t15-,16+;/m0./s1. The van der Waals surface area contributed by atoms with Crippen molar-refractivity contribution in [2.45, 2.75) is 45.1 Å². The molecule has 4 heteroatoms. The number of carbonyl (C=O) groups is 1. The Morgan fingerprint density at radius 3 is 2.43 bits per heavy atom. The zero-order valence-corrected chi connectivity index (χ0v) is 13.8. The van der Waals surface area contributed by atoms with E-state index in [2.05, 4.69) is 26.0 Å². The second-order valence-electron chi connectivity index (χ2n) is 5.87. The molecule has 2 atom stereocenters. The lowest BCUT2D eigenvalue weighted by Crippen LogP contribution is -2.33. The van der Waals surface area contributed by atoms with Crippen molar-refractivity contribution < 1.29 is 4.79 Å². The smallest absolute Gasteiger partial charge is 0.222 e. The number of benzene rings is 1. The number of nitrogens with two attached hydrogens (primary N) is 1. The van der Waals surface area contributed by atoms with Crippen LogP contribution in [-0.2, 0) is 4.79 Å². The van der Waals surface area contributed by atoms with Gasteiger partial charge in [0.05, 0.1) is 0 Å². The van der Waals surface area contributed by atoms with Crippen molar-refractivity contribution in [3.63, 3.8) is 0 Å². The second-order valence-corrected chi connectivity index (χ2v) is 5.87. The predicted octanol–water partition coefficient (Wildman–Crippen LogP) is 3.19. The van der Waals surface area contributed by atoms with Crippen LogP contribution in [0.3, 0.4) is 0 Å². The lowest BCUT2D eigenvalue weighted by atomic mass is 9.95. The van der Waals surface area contributed by atoms with E-state index in [-0.39, 0.29) is 30.3 Å². The first kappa shape index (κ1) is 18.0. The first-order valence-electron chi connectivity index (χ1n) is 7.74. The highest BCUT2D eigenvalue weighted by Crippen LogP contribution is 2.27. The molecule has 0 saturated carbocycles. The summed E-state index contributed by atoms with van der Waals surface area (Å²) < 4.78 is 0. The van der Waals surface area contributed by atoms with E-state index in [9.17, 15) is 4.79 Å². The van der Waals surface area contributed by atoms with Gasteiger partial charge in [0.1, 0.15) is 0 Å². The minimum absolute atomic E-state index is 0. The van der Waals surface area contributed by atoms with Crippen LogP contribution in [0.1, 0.15) is 44.6 Å². The second kappa shape index (κ2) is 8.40. The maximum atomic E-state index is 12.4. The molecular formula is C17H27ClN2O. The van der Waals surface area contributed by atoms with Gasteiger partial charge in [0, 0.05) is 31.5 Å². The van der Waals surface area contributed by atoms with Gasteiger partial charge in [0.25, 0.3) is 0 Å². The molecule has 2 rings (SSSR count). The van der Waals surface area contributed by atoms with Gasteiger partial charge in [-0.2, -0.15) is 0 Å². The number of carbonyl (C=O) groups excluding carboxylic acids is 1. The van der Waals surface area contributed by atoms with Crippen molar-refractivity contribution in [1.82, 2.24) is 4.90 Å². The van der Waals surface area contributed by atoms with Crippen molar-refractivity contribution in [3.05, 3.63) is 35.9 Å². The van der Waals surface area contributed by atoms with Crippen molar-refractivity contribution in [3.8, 4) is 0 Å². The molecule has 1 aliphatic rings. The summed E-state index contributed by atoms with van der Waals surface area (Å²) in [6, 6.07) is 10.4. The van der Waals surface area contributed by atoms with E-state index < -0.39 is 0 Å². The molecular weight excluding hydrogens is 284 g/mol. The van der Waals surface area contributed by atoms with Gasteiger partial charge in [0.2, 0.25) is 5.91 Å². The number of nitrogens with zero attached hydrogens (tertiary/aromatic N) is 1. The maximum absolute atomic E-state index is 12.4. The van der Waals surface area contributed by atoms with E-state index in [4.69, 9.17) is 5.73 Å². The van der Waals surface area contributed by atoms with Gasteiger partial charge in [0.15, 0.2) is 0 Å². The third-order valence-corrected chi connectivity index (χ3v) is 4.56. The van der Waals surface area contributed by atoms with E-state index in [1.54, 1.807) is 0 Å². The molecule has 0 aromatic heterocycles. The molecule has 1 aliphatic heterocycles. The molecule has 3 nitrogen and oxygen atoms in total. The van der Waals surface area contributed by atoms with E-state index in [1.165, 1.54) is 5.56 Å². The summed E-state index contributed by atoms with van der Waals surface area (Å²) in [4.78, 5) is 14.3. The van der Waals surface area contributed by atoms with Gasteiger partial charge in [-0.3, -0.25) is 4.79 Å². The van der Waals surface area contributed by atoms with Crippen LogP contribution in [0.25, 0.3) is 0 Å². The largest absolute Gasteiger partial charge is 0.340 e. The minimum Gasteiger partial charge on any atom is -0.340 e. The first-order chi connectivity index (χ1) is 9.65. The lowest BCUT2D eigenvalue weighted by molar-refractivity contribution is -0.131. The molecule has 0 bridgehead atoms. The van der Waals surface area contributed by atoms with Crippen LogP contribution in [0.5, 0.6) is 0 Å². The summed E-state index contributed by atoms with van der Waals surface area (Å²) in [6.07, 6.45) is 2.82. The lowest BCUT2D eigenvalue weighted by Gasteiger charge is -2.19. The van der Waals surface area contributed by atoms with Gasteiger partial charge >= 0.3 is 0 Å². The molecule has 1 fully saturated rings. The maximum Gasteiger partial charge on any atom is 0.222 e. The Morgan fingerprint density at radius 1 is 1.24 bits per heavy atom. The molecule has 0 unspecified atom stereocenters. The van der Waals surface area contributed by atoms with E-state index >= 15 is 0 Å². The fourth-order valence-corrected chi connectivity index (χ4v) is 3.04. The highest BCUT2D eigenvalue weighted by molar-refractivity contribution is 5.85. The highest BCUT2D eigenvalue weighted by Gasteiger charge is 2.33. The van der Waals surface area contributed by atoms with Gasteiger partial charge in [-0.15, -0.1) is 12.4 Å². The molecule has 1 amide bonds. The summed E-state index contributed by atoms with van der Waals surface area (Å²) >= 11 is 0. The van der Waals surface area contributed by atoms with Crippen LogP contribution in [0, 0.1) is 5.92 Å². The summed E-state index contributed by atoms with van der Waals surface area (Å²) in [7, 11) is 0. The highest BCUT2D eigenvalue weighted by atomic mass is 35.5. The van der Waals surface area contributed by atoms with Gasteiger partial charge < -0.3 is 10.6 Å². The Bertz CT molecular complexity index is 434. The van der Waals surface area contributed by atoms with Crippen molar-refractivity contribution in [2.75, 3.05) is 13.1 Å². The van der Waals surface area contributed by atoms with Gasteiger partial charge in [-0.25, -0.2) is 0 Å². The van der Waals surface area contributed by atoms with E-state index in [0.29, 0.717) is 18.9 Å². The number of hydrogen-bond donors (Lipinski definition) is 1. The summed E-state index contributed by atoms with van der Waals surface area (Å²) in [5, 5.41) is 0. The molecule has 0 radical (unpaired) electrons. The van der Waals surface area contributed by atoms with Crippen LogP contribution < -0.4 is 5.73 Å². The number of halogens is 1. The number of rotatable bonds is 5. The van der Waals surface area contributed by atoms with E-state index in [1.807, 2.05) is 23.1 Å². The Hall–Kier alpha value is -1.06. The van der Waals surface area contributed by atoms with Crippen LogP contribution in [-0.4, -0.2) is 29.9 Å². The fourth-order valence-electron chi connectivity index (χ4n) is 3.04. The Morgan fingerprint density at radius 2 is 1.86 bits per heavy atom. The Labute approximate surface area is 134 Å². The van der Waals surface area contributed by atoms with Crippen LogP contribution in [0.15, 0.2) is 30.3 Å². The van der Waals surface area contributed by atoms with E-state index in [0.717, 1.165) is 19.4 Å². The van der Waals surface area contributed by atoms with Crippen molar-refractivity contribution in [1.29, 1.82) is 0 Å². The monoisotopic (exact) mass is 310 g/mol. The minimum atomic E-state index is 0. The summed E-state index contributed by atoms with van der Waals surface area (Å²) in [5.41, 5.74) is 7.49. The average Bonchev–Trinajstić information content (AvgIpc) is 2.87. The van der Waals surface area contributed by atoms with Crippen molar-refractivity contribution >= 4 is 18.3 Å². The fraction of sp³-hybridized carbons (Fsp3) is 0.588. The molecule has 118 valence electrons. The number of amides is 1. The van der Waals surface area contributed by atoms with Crippen LogP contribution in [0.2, 0.25) is 0 Å². The molecule has 1 aromatic rings. The molecule has 2 N–H and O–H groups in total. The number of likely N-dealkylation sites (tertiary alicyclic amines) is 1. The zero-order valence-electron chi connectivity index (χ0n) is 13.0. The molecule has 1 heterocycles. The SMILES string of the molecule is CCC(CC)CC(=O)N1C[C@@H](N)[C@H](c2ccccc2)C1.Cl. The third-order valence-electron chi connectivity index (χ3n) is 4.56. The van der Waals surface area contributed by atoms with Gasteiger partial charge in [-0.05, 0) is 11.5 Å². The molecule has 1 aromatic carbocycles. The normalized spacial score (nSPS) is 21.4. The summed E-state index contributed by atoms with van der Waals surface area (Å²) in [5.74, 6) is 1.06. The predicted molar refractivity (Wildman–Crippen MR) is 89.7 cm³/mol. The molecule has 0 spiro atoms. The molecule has 1 saturated heterocycles. The Kier molecular flexibility index (Phi) is 7.20. The number of hydrogen-bond acceptors (Lipinski definition) is 2. The molecule has 0 aliphatic carbocycles. The quantitative estimate of drug-likeness (QED) is 0.908. The molecule has 21 heavy (non-hydrogen) atoms.